The summed E-state index contributed by atoms with van der Waals surface area (Å²) in [5, 5.41) is 2.92. The summed E-state index contributed by atoms with van der Waals surface area (Å²) in [6.07, 6.45) is 5.48. The highest BCUT2D eigenvalue weighted by Gasteiger charge is 2.31. The van der Waals surface area contributed by atoms with Gasteiger partial charge in [0.05, 0.1) is 7.11 Å². The molecule has 0 radical (unpaired) electrons. The van der Waals surface area contributed by atoms with E-state index in [1.807, 2.05) is 25.7 Å². The van der Waals surface area contributed by atoms with E-state index in [-0.39, 0.29) is 18.0 Å². The van der Waals surface area contributed by atoms with Crippen molar-refractivity contribution in [3.05, 3.63) is 15.3 Å². The van der Waals surface area contributed by atoms with Gasteiger partial charge in [0.2, 0.25) is 0 Å². The zero-order valence-corrected chi connectivity index (χ0v) is 17.5. The lowest BCUT2D eigenvalue weighted by Crippen LogP contribution is -2.47. The number of fused-ring (bicyclic) bond motifs is 1. The lowest BCUT2D eigenvalue weighted by molar-refractivity contribution is 0.0474. The Kier molecular flexibility index (Phi) is 5.99. The third-order valence-electron chi connectivity index (χ3n) is 5.02. The van der Waals surface area contributed by atoms with E-state index in [2.05, 4.69) is 5.32 Å². The molecule has 0 aromatic carbocycles. The predicted octanol–water partition coefficient (Wildman–Crippen LogP) is 3.76. The van der Waals surface area contributed by atoms with Crippen LogP contribution in [0.2, 0.25) is 0 Å². The summed E-state index contributed by atoms with van der Waals surface area (Å²) >= 11 is 1.60. The largest absolute Gasteiger partial charge is 0.495 e. The van der Waals surface area contributed by atoms with Gasteiger partial charge in [0.1, 0.15) is 16.2 Å². The molecule has 0 atom stereocenters. The van der Waals surface area contributed by atoms with Gasteiger partial charge in [0, 0.05) is 29.6 Å². The molecule has 2 amide bonds. The van der Waals surface area contributed by atoms with Crippen LogP contribution in [0.3, 0.4) is 0 Å². The standard InChI is InChI=1S/C20H30N2O4S/c1-20(2,3)26-19(24)21-13-9-11-22(12-10-13)18(23)17-16(25-4)14-7-5-6-8-15(14)27-17/h13H,5-12H2,1-4H3,(H,21,24). The van der Waals surface area contributed by atoms with E-state index in [0.29, 0.717) is 13.1 Å². The molecule has 2 heterocycles. The molecule has 27 heavy (non-hydrogen) atoms. The van der Waals surface area contributed by atoms with E-state index < -0.39 is 5.60 Å². The first-order chi connectivity index (χ1) is 12.8. The second-order valence-corrected chi connectivity index (χ2v) is 9.39. The fourth-order valence-corrected chi connectivity index (χ4v) is 5.06. The average Bonchev–Trinajstić information content (AvgIpc) is 2.98. The van der Waals surface area contributed by atoms with Crippen LogP contribution in [0, 0.1) is 0 Å². The van der Waals surface area contributed by atoms with Gasteiger partial charge in [-0.1, -0.05) is 0 Å². The summed E-state index contributed by atoms with van der Waals surface area (Å²) < 4.78 is 10.9. The number of alkyl carbamates (subject to hydrolysis) is 1. The number of rotatable bonds is 3. The third-order valence-corrected chi connectivity index (χ3v) is 6.29. The maximum atomic E-state index is 13.1. The fraction of sp³-hybridized carbons (Fsp3) is 0.700. The van der Waals surface area contributed by atoms with Gasteiger partial charge in [-0.05, 0) is 59.3 Å². The molecule has 1 fully saturated rings. The van der Waals surface area contributed by atoms with Gasteiger partial charge in [-0.3, -0.25) is 4.79 Å². The third kappa shape index (κ3) is 4.75. The van der Waals surface area contributed by atoms with Crippen LogP contribution in [0.1, 0.15) is 66.6 Å². The quantitative estimate of drug-likeness (QED) is 0.847. The molecule has 1 aliphatic carbocycles. The van der Waals surface area contributed by atoms with Crippen LogP contribution in [0.4, 0.5) is 4.79 Å². The summed E-state index contributed by atoms with van der Waals surface area (Å²) in [5.41, 5.74) is 0.730. The van der Waals surface area contributed by atoms with Gasteiger partial charge in [0.25, 0.3) is 5.91 Å². The number of amides is 2. The van der Waals surface area contributed by atoms with Gasteiger partial charge < -0.3 is 19.7 Å². The van der Waals surface area contributed by atoms with Crippen molar-refractivity contribution in [2.24, 2.45) is 0 Å². The Morgan fingerprint density at radius 3 is 2.44 bits per heavy atom. The molecule has 7 heteroatoms. The van der Waals surface area contributed by atoms with Gasteiger partial charge in [-0.2, -0.15) is 0 Å². The molecule has 1 saturated heterocycles. The number of carbonyl (C=O) groups excluding carboxylic acids is 2. The molecule has 1 aliphatic heterocycles. The Balaban J connectivity index is 1.59. The zero-order valence-electron chi connectivity index (χ0n) is 16.7. The number of thiophene rings is 1. The van der Waals surface area contributed by atoms with Crippen LogP contribution in [-0.4, -0.2) is 48.7 Å². The molecule has 3 rings (SSSR count). The number of hydrogen-bond donors (Lipinski definition) is 1. The molecule has 0 saturated carbocycles. The maximum absolute atomic E-state index is 13.1. The van der Waals surface area contributed by atoms with Crippen molar-refractivity contribution in [2.45, 2.75) is 70.9 Å². The van der Waals surface area contributed by atoms with Gasteiger partial charge in [0.15, 0.2) is 0 Å². The number of carbonyl (C=O) groups is 2. The number of nitrogens with one attached hydrogen (secondary N) is 1. The molecule has 0 unspecified atom stereocenters. The summed E-state index contributed by atoms with van der Waals surface area (Å²) in [6.45, 7) is 6.81. The van der Waals surface area contributed by atoms with Gasteiger partial charge in [-0.15, -0.1) is 11.3 Å². The van der Waals surface area contributed by atoms with Crippen LogP contribution in [0.25, 0.3) is 0 Å². The Morgan fingerprint density at radius 1 is 1.15 bits per heavy atom. The lowest BCUT2D eigenvalue weighted by atomic mass is 9.98. The summed E-state index contributed by atoms with van der Waals surface area (Å²) in [7, 11) is 1.66. The lowest BCUT2D eigenvalue weighted by Gasteiger charge is -2.32. The van der Waals surface area contributed by atoms with Crippen LogP contribution in [0.5, 0.6) is 5.75 Å². The first kappa shape index (κ1) is 20.0. The first-order valence-corrected chi connectivity index (χ1v) is 10.6. The minimum atomic E-state index is -0.504. The van der Waals surface area contributed by atoms with Crippen molar-refractivity contribution in [3.8, 4) is 5.75 Å². The average molecular weight is 395 g/mol. The molecular weight excluding hydrogens is 364 g/mol. The van der Waals surface area contributed by atoms with Crippen molar-refractivity contribution in [1.29, 1.82) is 0 Å². The smallest absolute Gasteiger partial charge is 0.407 e. The minimum Gasteiger partial charge on any atom is -0.495 e. The van der Waals surface area contributed by atoms with E-state index in [4.69, 9.17) is 9.47 Å². The predicted molar refractivity (Wildman–Crippen MR) is 106 cm³/mol. The summed E-state index contributed by atoms with van der Waals surface area (Å²) in [5.74, 6) is 0.843. The normalized spacial score (nSPS) is 18.0. The highest BCUT2D eigenvalue weighted by molar-refractivity contribution is 7.14. The van der Waals surface area contributed by atoms with Crippen LogP contribution < -0.4 is 10.1 Å². The van der Waals surface area contributed by atoms with Crippen molar-refractivity contribution in [1.82, 2.24) is 10.2 Å². The highest BCUT2D eigenvalue weighted by Crippen LogP contribution is 2.40. The molecule has 150 valence electrons. The van der Waals surface area contributed by atoms with E-state index in [9.17, 15) is 9.59 Å². The number of methoxy groups -OCH3 is 1. The molecular formula is C20H30N2O4S. The van der Waals surface area contributed by atoms with Crippen molar-refractivity contribution in [2.75, 3.05) is 20.2 Å². The molecule has 2 aliphatic rings. The molecule has 1 aromatic rings. The topological polar surface area (TPSA) is 67.9 Å². The van der Waals surface area contributed by atoms with E-state index in [0.717, 1.165) is 42.7 Å². The first-order valence-electron chi connectivity index (χ1n) is 9.76. The summed E-state index contributed by atoms with van der Waals surface area (Å²) in [4.78, 5) is 28.9. The SMILES string of the molecule is COc1c(C(=O)N2CCC(NC(=O)OC(C)(C)C)CC2)sc2c1CCCC2. The Labute approximate surface area is 165 Å². The number of likely N-dealkylation sites (tertiary alicyclic amines) is 1. The van der Waals surface area contributed by atoms with Crippen LogP contribution >= 0.6 is 11.3 Å². The Morgan fingerprint density at radius 2 is 1.81 bits per heavy atom. The molecule has 0 bridgehead atoms. The Hall–Kier alpha value is -1.76. The molecule has 1 aromatic heterocycles. The van der Waals surface area contributed by atoms with Gasteiger partial charge >= 0.3 is 6.09 Å². The van der Waals surface area contributed by atoms with Gasteiger partial charge in [-0.25, -0.2) is 4.79 Å². The maximum Gasteiger partial charge on any atom is 0.407 e. The molecule has 1 N–H and O–H groups in total. The zero-order chi connectivity index (χ0) is 19.6. The van der Waals surface area contributed by atoms with Crippen molar-refractivity contribution < 1.29 is 19.1 Å². The van der Waals surface area contributed by atoms with Crippen LogP contribution in [-0.2, 0) is 17.6 Å². The Bertz CT molecular complexity index is 700. The van der Waals surface area contributed by atoms with Crippen LogP contribution in [0.15, 0.2) is 0 Å². The van der Waals surface area contributed by atoms with E-state index in [1.54, 1.807) is 18.4 Å². The number of piperidine rings is 1. The number of aryl methyl sites for hydroxylation is 1. The second kappa shape index (κ2) is 8.09. The van der Waals surface area contributed by atoms with Crippen molar-refractivity contribution >= 4 is 23.3 Å². The second-order valence-electron chi connectivity index (χ2n) is 8.29. The minimum absolute atomic E-state index is 0.0438. The highest BCUT2D eigenvalue weighted by atomic mass is 32.1. The van der Waals surface area contributed by atoms with Crippen molar-refractivity contribution in [3.63, 3.8) is 0 Å². The molecule has 0 spiro atoms. The summed E-state index contributed by atoms with van der Waals surface area (Å²) in [6, 6.07) is 0.0438. The van der Waals surface area contributed by atoms with E-state index in [1.165, 1.54) is 16.9 Å². The van der Waals surface area contributed by atoms with E-state index >= 15 is 0 Å². The molecule has 6 nitrogen and oxygen atoms in total. The number of hydrogen-bond acceptors (Lipinski definition) is 5. The number of ether oxygens (including phenoxy) is 2. The number of nitrogens with zero attached hydrogens (tertiary/aromatic N) is 1. The monoisotopic (exact) mass is 394 g/mol. The fourth-order valence-electron chi connectivity index (χ4n) is 3.74.